The largest absolute Gasteiger partial charge is 0.480 e. The Morgan fingerprint density at radius 2 is 2.09 bits per heavy atom. The third-order valence-electron chi connectivity index (χ3n) is 3.83. The molecule has 1 aromatic rings. The highest BCUT2D eigenvalue weighted by Gasteiger charge is 2.41. The Kier molecular flexibility index (Phi) is 5.85. The molecule has 2 rings (SSSR count). The molecule has 1 saturated heterocycles. The van der Waals surface area contributed by atoms with E-state index in [0.717, 1.165) is 4.90 Å². The van der Waals surface area contributed by atoms with Crippen molar-refractivity contribution < 1.29 is 19.4 Å². The zero-order valence-electron chi connectivity index (χ0n) is 12.8. The van der Waals surface area contributed by atoms with Gasteiger partial charge in [0.15, 0.2) is 0 Å². The lowest BCUT2D eigenvalue weighted by Crippen LogP contribution is -2.44. The Balaban J connectivity index is 2.11. The number of aliphatic carboxylic acids is 1. The first-order valence-electron chi connectivity index (χ1n) is 7.34. The number of methoxy groups -OCH3 is 1. The van der Waals surface area contributed by atoms with Gasteiger partial charge in [0.25, 0.3) is 0 Å². The van der Waals surface area contributed by atoms with Crippen LogP contribution in [-0.2, 0) is 14.3 Å². The maximum atomic E-state index is 12.7. The highest BCUT2D eigenvalue weighted by atomic mass is 32.2. The molecule has 0 radical (unpaired) electrons. The van der Waals surface area contributed by atoms with Crippen molar-refractivity contribution in [2.24, 2.45) is 0 Å². The fourth-order valence-electron chi connectivity index (χ4n) is 2.60. The zero-order chi connectivity index (χ0) is 16.1. The second-order valence-corrected chi connectivity index (χ2v) is 6.54. The Hall–Kier alpha value is -1.53. The van der Waals surface area contributed by atoms with Crippen LogP contribution in [0.5, 0.6) is 0 Å². The van der Waals surface area contributed by atoms with E-state index in [1.807, 2.05) is 37.3 Å². The van der Waals surface area contributed by atoms with Crippen molar-refractivity contribution in [2.75, 3.05) is 13.7 Å². The number of nitrogens with zero attached hydrogens (tertiary/aromatic N) is 1. The number of hydrogen-bond donors (Lipinski definition) is 1. The van der Waals surface area contributed by atoms with Crippen LogP contribution in [0.1, 0.15) is 19.8 Å². The van der Waals surface area contributed by atoms with E-state index in [9.17, 15) is 14.7 Å². The van der Waals surface area contributed by atoms with Crippen LogP contribution in [0.25, 0.3) is 0 Å². The Labute approximate surface area is 134 Å². The number of hydrogen-bond acceptors (Lipinski definition) is 4. The van der Waals surface area contributed by atoms with Crippen molar-refractivity contribution in [3.05, 3.63) is 30.3 Å². The standard InChI is InChI=1S/C16H21NO4S/c1-3-14(22-12-7-5-4-6-8-12)15(18)17-10-11(21-2)9-13(17)16(19)20/h4-8,11,13-14H,3,9-10H2,1-2H3,(H,19,20). The number of benzene rings is 1. The van der Waals surface area contributed by atoms with Crippen LogP contribution in [0, 0.1) is 0 Å². The predicted molar refractivity (Wildman–Crippen MR) is 84.9 cm³/mol. The summed E-state index contributed by atoms with van der Waals surface area (Å²) in [5.41, 5.74) is 0. The van der Waals surface area contributed by atoms with Gasteiger partial charge in [-0.2, -0.15) is 0 Å². The zero-order valence-corrected chi connectivity index (χ0v) is 13.6. The van der Waals surface area contributed by atoms with Crippen molar-refractivity contribution in [3.8, 4) is 0 Å². The monoisotopic (exact) mass is 323 g/mol. The molecule has 0 aliphatic carbocycles. The normalized spacial score (nSPS) is 22.5. The first-order chi connectivity index (χ1) is 10.6. The molecule has 1 fully saturated rings. The molecule has 0 aromatic heterocycles. The third kappa shape index (κ3) is 3.81. The SMILES string of the molecule is CCC(Sc1ccccc1)C(=O)N1CC(OC)CC1C(=O)O. The Morgan fingerprint density at radius 1 is 1.41 bits per heavy atom. The van der Waals surface area contributed by atoms with E-state index >= 15 is 0 Å². The molecule has 120 valence electrons. The van der Waals surface area contributed by atoms with Crippen LogP contribution in [0.15, 0.2) is 35.2 Å². The summed E-state index contributed by atoms with van der Waals surface area (Å²) in [6, 6.07) is 8.90. The van der Waals surface area contributed by atoms with Gasteiger partial charge in [-0.15, -0.1) is 11.8 Å². The summed E-state index contributed by atoms with van der Waals surface area (Å²) < 4.78 is 5.24. The van der Waals surface area contributed by atoms with Gasteiger partial charge in [0.1, 0.15) is 6.04 Å². The number of likely N-dealkylation sites (tertiary alicyclic amines) is 1. The number of amides is 1. The molecule has 1 aliphatic rings. The van der Waals surface area contributed by atoms with Gasteiger partial charge in [-0.1, -0.05) is 25.1 Å². The van der Waals surface area contributed by atoms with Gasteiger partial charge in [0.2, 0.25) is 5.91 Å². The highest BCUT2D eigenvalue weighted by molar-refractivity contribution is 8.00. The lowest BCUT2D eigenvalue weighted by atomic mass is 10.2. The van der Waals surface area contributed by atoms with Crippen LogP contribution < -0.4 is 0 Å². The van der Waals surface area contributed by atoms with Gasteiger partial charge in [-0.3, -0.25) is 4.79 Å². The van der Waals surface area contributed by atoms with Gasteiger partial charge >= 0.3 is 5.97 Å². The highest BCUT2D eigenvalue weighted by Crippen LogP contribution is 2.30. The fourth-order valence-corrected chi connectivity index (χ4v) is 3.65. The summed E-state index contributed by atoms with van der Waals surface area (Å²) in [5.74, 6) is -1.09. The molecule has 0 saturated carbocycles. The minimum atomic E-state index is -0.965. The van der Waals surface area contributed by atoms with Crippen LogP contribution in [-0.4, -0.2) is 52.9 Å². The first-order valence-corrected chi connectivity index (χ1v) is 8.22. The van der Waals surface area contributed by atoms with Crippen molar-refractivity contribution >= 4 is 23.6 Å². The molecule has 5 nitrogen and oxygen atoms in total. The number of carbonyl (C=O) groups is 2. The molecule has 0 bridgehead atoms. The van der Waals surface area contributed by atoms with Crippen molar-refractivity contribution in [3.63, 3.8) is 0 Å². The van der Waals surface area contributed by atoms with Crippen molar-refractivity contribution in [1.29, 1.82) is 0 Å². The minimum absolute atomic E-state index is 0.122. The van der Waals surface area contributed by atoms with Crippen LogP contribution in [0.3, 0.4) is 0 Å². The van der Waals surface area contributed by atoms with Gasteiger partial charge in [0.05, 0.1) is 11.4 Å². The first kappa shape index (κ1) is 16.8. The molecule has 6 heteroatoms. The van der Waals surface area contributed by atoms with Crippen LogP contribution in [0.2, 0.25) is 0 Å². The molecule has 0 spiro atoms. The van der Waals surface area contributed by atoms with E-state index in [1.54, 1.807) is 7.11 Å². The number of carboxylic acid groups (broad SMARTS) is 1. The van der Waals surface area contributed by atoms with Gasteiger partial charge < -0.3 is 14.7 Å². The molecular formula is C16H21NO4S. The summed E-state index contributed by atoms with van der Waals surface area (Å²) in [4.78, 5) is 26.6. The van der Waals surface area contributed by atoms with E-state index in [-0.39, 0.29) is 17.3 Å². The van der Waals surface area contributed by atoms with Gasteiger partial charge in [0, 0.05) is 25.0 Å². The molecular weight excluding hydrogens is 302 g/mol. The lowest BCUT2D eigenvalue weighted by Gasteiger charge is -2.25. The topological polar surface area (TPSA) is 66.8 Å². The average Bonchev–Trinajstić information content (AvgIpc) is 2.97. The fraction of sp³-hybridized carbons (Fsp3) is 0.500. The second-order valence-electron chi connectivity index (χ2n) is 5.27. The number of rotatable bonds is 6. The molecule has 1 aliphatic heterocycles. The quantitative estimate of drug-likeness (QED) is 0.813. The minimum Gasteiger partial charge on any atom is -0.480 e. The number of carboxylic acids is 1. The number of thioether (sulfide) groups is 1. The van der Waals surface area contributed by atoms with E-state index in [4.69, 9.17) is 4.74 Å². The molecule has 1 amide bonds. The van der Waals surface area contributed by atoms with E-state index in [1.165, 1.54) is 16.7 Å². The third-order valence-corrected chi connectivity index (χ3v) is 5.20. The lowest BCUT2D eigenvalue weighted by molar-refractivity contribution is -0.148. The molecule has 1 heterocycles. The summed E-state index contributed by atoms with van der Waals surface area (Å²) in [5, 5.41) is 9.06. The maximum Gasteiger partial charge on any atom is 0.326 e. The van der Waals surface area contributed by atoms with Crippen LogP contribution in [0.4, 0.5) is 0 Å². The van der Waals surface area contributed by atoms with E-state index in [0.29, 0.717) is 19.4 Å². The maximum absolute atomic E-state index is 12.7. The average molecular weight is 323 g/mol. The summed E-state index contributed by atoms with van der Waals surface area (Å²) in [7, 11) is 1.55. The smallest absolute Gasteiger partial charge is 0.326 e. The van der Waals surface area contributed by atoms with Gasteiger partial charge in [-0.05, 0) is 18.6 Å². The van der Waals surface area contributed by atoms with Crippen molar-refractivity contribution in [2.45, 2.75) is 42.1 Å². The number of carbonyl (C=O) groups excluding carboxylic acids is 1. The number of ether oxygens (including phenoxy) is 1. The second kappa shape index (κ2) is 7.65. The van der Waals surface area contributed by atoms with Crippen molar-refractivity contribution in [1.82, 2.24) is 4.90 Å². The predicted octanol–water partition coefficient (Wildman–Crippen LogP) is 2.26. The van der Waals surface area contributed by atoms with Crippen LogP contribution >= 0.6 is 11.8 Å². The summed E-state index contributed by atoms with van der Waals surface area (Å²) >= 11 is 1.48. The summed E-state index contributed by atoms with van der Waals surface area (Å²) in [6.45, 7) is 2.29. The van der Waals surface area contributed by atoms with E-state index in [2.05, 4.69) is 0 Å². The Bertz CT molecular complexity index is 522. The molecule has 22 heavy (non-hydrogen) atoms. The summed E-state index contributed by atoms with van der Waals surface area (Å²) in [6.07, 6.45) is 0.799. The van der Waals surface area contributed by atoms with Gasteiger partial charge in [-0.25, -0.2) is 4.79 Å². The van der Waals surface area contributed by atoms with E-state index < -0.39 is 12.0 Å². The molecule has 1 N–H and O–H groups in total. The molecule has 3 atom stereocenters. The Morgan fingerprint density at radius 3 is 2.64 bits per heavy atom. The molecule has 1 aromatic carbocycles. The molecule has 3 unspecified atom stereocenters.